The van der Waals surface area contributed by atoms with Crippen molar-refractivity contribution in [3.8, 4) is 0 Å². The largest absolute Gasteiger partial charge is 0.469 e. The van der Waals surface area contributed by atoms with Gasteiger partial charge in [-0.1, -0.05) is 0 Å². The molecule has 1 aliphatic rings. The van der Waals surface area contributed by atoms with Crippen LogP contribution in [0, 0.1) is 0 Å². The normalized spacial score (nSPS) is 35.5. The number of aliphatic hydroxyl groups is 4. The van der Waals surface area contributed by atoms with Crippen molar-refractivity contribution in [3.63, 3.8) is 0 Å². The van der Waals surface area contributed by atoms with E-state index in [1.807, 2.05) is 0 Å². The molecule has 4 N–H and O–H groups in total. The van der Waals surface area contributed by atoms with Gasteiger partial charge in [-0.05, 0) is 12.1 Å². The molecule has 108 valence electrons. The van der Waals surface area contributed by atoms with Gasteiger partial charge in [-0.15, -0.1) is 0 Å². The minimum Gasteiger partial charge on any atom is -0.469 e. The van der Waals surface area contributed by atoms with E-state index < -0.39 is 37.3 Å². The van der Waals surface area contributed by atoms with E-state index in [2.05, 4.69) is 0 Å². The summed E-state index contributed by atoms with van der Waals surface area (Å²) in [5, 5.41) is 37.9. The zero-order chi connectivity index (χ0) is 13.8. The molecule has 7 nitrogen and oxygen atoms in total. The second-order valence-electron chi connectivity index (χ2n) is 4.40. The van der Waals surface area contributed by atoms with Gasteiger partial charge in [0, 0.05) is 6.42 Å². The van der Waals surface area contributed by atoms with Crippen molar-refractivity contribution in [1.29, 1.82) is 0 Å². The van der Waals surface area contributed by atoms with E-state index in [4.69, 9.17) is 19.0 Å². The first-order valence-corrected chi connectivity index (χ1v) is 6.08. The lowest BCUT2D eigenvalue weighted by Gasteiger charge is -2.39. The highest BCUT2D eigenvalue weighted by Gasteiger charge is 2.43. The molecule has 0 aliphatic carbocycles. The summed E-state index contributed by atoms with van der Waals surface area (Å²) in [6.07, 6.45) is -4.16. The Hall–Kier alpha value is -0.960. The van der Waals surface area contributed by atoms with Crippen LogP contribution in [0.2, 0.25) is 0 Å². The Morgan fingerprint density at radius 3 is 2.58 bits per heavy atom. The molecular weight excluding hydrogens is 256 g/mol. The van der Waals surface area contributed by atoms with Crippen LogP contribution in [0.1, 0.15) is 5.76 Å². The molecule has 0 spiro atoms. The third kappa shape index (κ3) is 3.33. The van der Waals surface area contributed by atoms with E-state index >= 15 is 0 Å². The van der Waals surface area contributed by atoms with Crippen molar-refractivity contribution >= 4 is 0 Å². The SMILES string of the molecule is OC[C@H]1O[C@H](OCCc2ccco2)[C@H](O)[C@@H](O)[C@@H]1O. The number of aliphatic hydroxyl groups excluding tert-OH is 4. The van der Waals surface area contributed by atoms with Crippen molar-refractivity contribution in [2.45, 2.75) is 37.1 Å². The molecule has 1 aromatic rings. The molecule has 2 heterocycles. The molecule has 7 heteroatoms. The molecule has 0 saturated carbocycles. The molecule has 0 amide bonds. The van der Waals surface area contributed by atoms with E-state index in [-0.39, 0.29) is 6.61 Å². The van der Waals surface area contributed by atoms with Crippen LogP contribution in [0.3, 0.4) is 0 Å². The summed E-state index contributed by atoms with van der Waals surface area (Å²) in [6, 6.07) is 3.54. The molecule has 0 aromatic carbocycles. The first-order chi connectivity index (χ1) is 9.13. The van der Waals surface area contributed by atoms with Crippen molar-refractivity contribution in [3.05, 3.63) is 24.2 Å². The maximum atomic E-state index is 9.71. The van der Waals surface area contributed by atoms with E-state index in [9.17, 15) is 15.3 Å². The average molecular weight is 274 g/mol. The molecule has 19 heavy (non-hydrogen) atoms. The minimum atomic E-state index is -1.42. The van der Waals surface area contributed by atoms with Gasteiger partial charge >= 0.3 is 0 Å². The minimum absolute atomic E-state index is 0.218. The van der Waals surface area contributed by atoms with Crippen LogP contribution in [-0.4, -0.2) is 64.3 Å². The molecule has 1 aliphatic heterocycles. The number of ether oxygens (including phenoxy) is 2. The van der Waals surface area contributed by atoms with Crippen LogP contribution >= 0.6 is 0 Å². The van der Waals surface area contributed by atoms with Gasteiger partial charge in [-0.25, -0.2) is 0 Å². The second-order valence-corrected chi connectivity index (χ2v) is 4.40. The lowest BCUT2D eigenvalue weighted by atomic mass is 9.99. The fourth-order valence-electron chi connectivity index (χ4n) is 1.94. The van der Waals surface area contributed by atoms with Crippen molar-refractivity contribution < 1.29 is 34.3 Å². The quantitative estimate of drug-likeness (QED) is 0.524. The Labute approximate surface area is 110 Å². The van der Waals surface area contributed by atoms with Crippen LogP contribution < -0.4 is 0 Å². The fraction of sp³-hybridized carbons (Fsp3) is 0.667. The van der Waals surface area contributed by atoms with Gasteiger partial charge in [0.1, 0.15) is 30.2 Å². The van der Waals surface area contributed by atoms with E-state index in [1.165, 1.54) is 0 Å². The molecular formula is C12H18O7. The number of hydrogen-bond donors (Lipinski definition) is 4. The lowest BCUT2D eigenvalue weighted by molar-refractivity contribution is -0.300. The summed E-state index contributed by atoms with van der Waals surface area (Å²) in [5.74, 6) is 0.726. The predicted molar refractivity (Wildman–Crippen MR) is 62.1 cm³/mol. The molecule has 0 bridgehead atoms. The third-order valence-corrected chi connectivity index (χ3v) is 3.06. The van der Waals surface area contributed by atoms with Gasteiger partial charge in [0.15, 0.2) is 6.29 Å². The molecule has 0 unspecified atom stereocenters. The zero-order valence-electron chi connectivity index (χ0n) is 10.3. The first-order valence-electron chi connectivity index (χ1n) is 6.08. The zero-order valence-corrected chi connectivity index (χ0v) is 10.3. The highest BCUT2D eigenvalue weighted by atomic mass is 16.7. The summed E-state index contributed by atoms with van der Waals surface area (Å²) in [7, 11) is 0. The third-order valence-electron chi connectivity index (χ3n) is 3.06. The fourth-order valence-corrected chi connectivity index (χ4v) is 1.94. The topological polar surface area (TPSA) is 113 Å². The molecule has 2 rings (SSSR count). The Morgan fingerprint density at radius 2 is 1.95 bits per heavy atom. The van der Waals surface area contributed by atoms with Crippen molar-refractivity contribution in [2.24, 2.45) is 0 Å². The van der Waals surface area contributed by atoms with Crippen LogP contribution in [0.25, 0.3) is 0 Å². The van der Waals surface area contributed by atoms with Crippen LogP contribution in [-0.2, 0) is 15.9 Å². The molecule has 1 aromatic heterocycles. The maximum Gasteiger partial charge on any atom is 0.186 e. The molecule has 1 saturated heterocycles. The summed E-state index contributed by atoms with van der Waals surface area (Å²) in [4.78, 5) is 0. The highest BCUT2D eigenvalue weighted by Crippen LogP contribution is 2.22. The van der Waals surface area contributed by atoms with E-state index in [0.29, 0.717) is 6.42 Å². The smallest absolute Gasteiger partial charge is 0.186 e. The monoisotopic (exact) mass is 274 g/mol. The summed E-state index contributed by atoms with van der Waals surface area (Å²) < 4.78 is 15.6. The summed E-state index contributed by atoms with van der Waals surface area (Å²) in [5.41, 5.74) is 0. The van der Waals surface area contributed by atoms with Crippen LogP contribution in [0.4, 0.5) is 0 Å². The number of rotatable bonds is 5. The van der Waals surface area contributed by atoms with Crippen LogP contribution in [0.15, 0.2) is 22.8 Å². The van der Waals surface area contributed by atoms with Gasteiger partial charge < -0.3 is 34.3 Å². The van der Waals surface area contributed by atoms with Crippen molar-refractivity contribution in [2.75, 3.05) is 13.2 Å². The molecule has 5 atom stereocenters. The summed E-state index contributed by atoms with van der Waals surface area (Å²) in [6.45, 7) is -0.251. The Kier molecular flexibility index (Phi) is 4.92. The van der Waals surface area contributed by atoms with Crippen LogP contribution in [0.5, 0.6) is 0 Å². The molecule has 0 radical (unpaired) electrons. The van der Waals surface area contributed by atoms with E-state index in [1.54, 1.807) is 18.4 Å². The molecule has 1 fully saturated rings. The lowest BCUT2D eigenvalue weighted by Crippen LogP contribution is -2.59. The number of furan rings is 1. The number of hydrogen-bond acceptors (Lipinski definition) is 7. The maximum absolute atomic E-state index is 9.71. The van der Waals surface area contributed by atoms with Gasteiger partial charge in [0.25, 0.3) is 0 Å². The highest BCUT2D eigenvalue weighted by molar-refractivity contribution is 4.98. The first kappa shape index (κ1) is 14.4. The Morgan fingerprint density at radius 1 is 1.16 bits per heavy atom. The van der Waals surface area contributed by atoms with E-state index in [0.717, 1.165) is 5.76 Å². The Bertz CT molecular complexity index is 364. The average Bonchev–Trinajstić information content (AvgIpc) is 2.92. The second kappa shape index (κ2) is 6.47. The van der Waals surface area contributed by atoms with Gasteiger partial charge in [0.2, 0.25) is 0 Å². The van der Waals surface area contributed by atoms with Crippen molar-refractivity contribution in [1.82, 2.24) is 0 Å². The van der Waals surface area contributed by atoms with Gasteiger partial charge in [0.05, 0.1) is 19.5 Å². The predicted octanol–water partition coefficient (Wildman–Crippen LogP) is -1.36. The van der Waals surface area contributed by atoms with Gasteiger partial charge in [-0.3, -0.25) is 0 Å². The summed E-state index contributed by atoms with van der Waals surface area (Å²) >= 11 is 0. The Balaban J connectivity index is 1.84. The van der Waals surface area contributed by atoms with Gasteiger partial charge in [-0.2, -0.15) is 0 Å². The standard InChI is InChI=1S/C12H18O7/c13-6-8-9(14)10(15)11(16)12(19-8)18-5-3-7-2-1-4-17-7/h1-2,4,8-16H,3,5-6H2/t8-,9-,10+,11-,12+/m1/s1.